The number of benzene rings is 1. The SMILES string of the molecule is COCc1[nH]n(-c2ccc(C)cc2C)c(=O)c1N. The third-order valence-corrected chi connectivity index (χ3v) is 2.89. The molecular formula is C13H17N3O2. The Kier molecular flexibility index (Phi) is 3.25. The fourth-order valence-electron chi connectivity index (χ4n) is 1.98. The van der Waals surface area contributed by atoms with Gasteiger partial charge >= 0.3 is 0 Å². The molecule has 0 atom stereocenters. The number of hydrogen-bond donors (Lipinski definition) is 2. The molecule has 2 rings (SSSR count). The number of aromatic nitrogens is 2. The first-order valence-corrected chi connectivity index (χ1v) is 5.70. The summed E-state index contributed by atoms with van der Waals surface area (Å²) in [5, 5.41) is 2.98. The number of nitrogens with one attached hydrogen (secondary N) is 1. The average molecular weight is 247 g/mol. The summed E-state index contributed by atoms with van der Waals surface area (Å²) in [4.78, 5) is 12.1. The van der Waals surface area contributed by atoms with Gasteiger partial charge in [-0.15, -0.1) is 0 Å². The van der Waals surface area contributed by atoms with Gasteiger partial charge in [-0.1, -0.05) is 17.7 Å². The molecule has 1 heterocycles. The Morgan fingerprint density at radius 3 is 2.72 bits per heavy atom. The highest BCUT2D eigenvalue weighted by atomic mass is 16.5. The summed E-state index contributed by atoms with van der Waals surface area (Å²) in [6, 6.07) is 5.88. The molecule has 0 saturated heterocycles. The first-order chi connectivity index (χ1) is 8.54. The highest BCUT2D eigenvalue weighted by molar-refractivity contribution is 5.47. The van der Waals surface area contributed by atoms with E-state index < -0.39 is 0 Å². The lowest BCUT2D eigenvalue weighted by Crippen LogP contribution is -2.17. The van der Waals surface area contributed by atoms with Crippen LogP contribution in [0.25, 0.3) is 5.69 Å². The molecule has 5 nitrogen and oxygen atoms in total. The fraction of sp³-hybridized carbons (Fsp3) is 0.308. The second kappa shape index (κ2) is 4.70. The Bertz CT molecular complexity index is 626. The van der Waals surface area contributed by atoms with Crippen LogP contribution in [0.3, 0.4) is 0 Å². The van der Waals surface area contributed by atoms with Gasteiger partial charge in [0.1, 0.15) is 5.69 Å². The van der Waals surface area contributed by atoms with Gasteiger partial charge in [0.05, 0.1) is 18.0 Å². The maximum absolute atomic E-state index is 12.1. The molecule has 5 heteroatoms. The van der Waals surface area contributed by atoms with Gasteiger partial charge in [0.15, 0.2) is 0 Å². The minimum atomic E-state index is -0.242. The molecule has 0 saturated carbocycles. The zero-order valence-corrected chi connectivity index (χ0v) is 10.8. The molecule has 1 aromatic carbocycles. The lowest BCUT2D eigenvalue weighted by atomic mass is 10.1. The molecule has 0 aliphatic heterocycles. The van der Waals surface area contributed by atoms with Gasteiger partial charge in [0.2, 0.25) is 0 Å². The molecule has 0 fully saturated rings. The van der Waals surface area contributed by atoms with Crippen molar-refractivity contribution in [3.63, 3.8) is 0 Å². The van der Waals surface area contributed by atoms with Crippen molar-refractivity contribution in [1.82, 2.24) is 9.78 Å². The van der Waals surface area contributed by atoms with Crippen LogP contribution in [0.1, 0.15) is 16.8 Å². The molecule has 0 spiro atoms. The van der Waals surface area contributed by atoms with Gasteiger partial charge in [0, 0.05) is 7.11 Å². The van der Waals surface area contributed by atoms with E-state index in [0.717, 1.165) is 16.8 Å². The molecule has 3 N–H and O–H groups in total. The first-order valence-electron chi connectivity index (χ1n) is 5.70. The highest BCUT2D eigenvalue weighted by Gasteiger charge is 2.13. The molecule has 2 aromatic rings. The van der Waals surface area contributed by atoms with Crippen LogP contribution < -0.4 is 11.3 Å². The molecule has 0 unspecified atom stereocenters. The maximum atomic E-state index is 12.1. The molecule has 0 radical (unpaired) electrons. The summed E-state index contributed by atoms with van der Waals surface area (Å²) in [6.07, 6.45) is 0. The van der Waals surface area contributed by atoms with Gasteiger partial charge in [-0.05, 0) is 25.5 Å². The molecule has 0 amide bonds. The lowest BCUT2D eigenvalue weighted by Gasteiger charge is -2.06. The van der Waals surface area contributed by atoms with Crippen molar-refractivity contribution in [2.45, 2.75) is 20.5 Å². The third-order valence-electron chi connectivity index (χ3n) is 2.89. The van der Waals surface area contributed by atoms with Gasteiger partial charge in [-0.3, -0.25) is 9.89 Å². The van der Waals surface area contributed by atoms with Crippen molar-refractivity contribution in [3.05, 3.63) is 45.4 Å². The number of rotatable bonds is 3. The van der Waals surface area contributed by atoms with Crippen LogP contribution in [0, 0.1) is 13.8 Å². The maximum Gasteiger partial charge on any atom is 0.294 e. The van der Waals surface area contributed by atoms with E-state index in [2.05, 4.69) is 5.10 Å². The predicted octanol–water partition coefficient (Wildman–Crippen LogP) is 1.51. The summed E-state index contributed by atoms with van der Waals surface area (Å²) in [5.41, 5.74) is 9.30. The number of H-pyrrole nitrogens is 1. The quantitative estimate of drug-likeness (QED) is 0.863. The van der Waals surface area contributed by atoms with Crippen LogP contribution >= 0.6 is 0 Å². The number of nitrogen functional groups attached to an aromatic ring is 1. The van der Waals surface area contributed by atoms with Crippen LogP contribution in [-0.4, -0.2) is 16.9 Å². The lowest BCUT2D eigenvalue weighted by molar-refractivity contribution is 0.181. The van der Waals surface area contributed by atoms with Crippen molar-refractivity contribution < 1.29 is 4.74 Å². The van der Waals surface area contributed by atoms with Crippen molar-refractivity contribution >= 4 is 5.69 Å². The van der Waals surface area contributed by atoms with Crippen molar-refractivity contribution in [2.24, 2.45) is 0 Å². The van der Waals surface area contributed by atoms with Crippen LogP contribution in [0.5, 0.6) is 0 Å². The Hall–Kier alpha value is -2.01. The average Bonchev–Trinajstić information content (AvgIpc) is 2.58. The normalized spacial score (nSPS) is 10.8. The minimum absolute atomic E-state index is 0.205. The minimum Gasteiger partial charge on any atom is -0.393 e. The van der Waals surface area contributed by atoms with Gasteiger partial charge in [0.25, 0.3) is 5.56 Å². The number of aromatic amines is 1. The number of aryl methyl sites for hydroxylation is 2. The molecule has 0 aliphatic carbocycles. The molecule has 0 aliphatic rings. The van der Waals surface area contributed by atoms with E-state index >= 15 is 0 Å². The molecule has 0 bridgehead atoms. The molecule has 1 aromatic heterocycles. The van der Waals surface area contributed by atoms with Crippen LogP contribution in [0.4, 0.5) is 5.69 Å². The van der Waals surface area contributed by atoms with Crippen LogP contribution in [0.2, 0.25) is 0 Å². The summed E-state index contributed by atoms with van der Waals surface area (Å²) < 4.78 is 6.46. The predicted molar refractivity (Wildman–Crippen MR) is 71.0 cm³/mol. The van der Waals surface area contributed by atoms with E-state index in [1.807, 2.05) is 32.0 Å². The molecule has 18 heavy (non-hydrogen) atoms. The highest BCUT2D eigenvalue weighted by Crippen LogP contribution is 2.15. The third kappa shape index (κ3) is 2.04. The standard InChI is InChI=1S/C13H17N3O2/c1-8-4-5-11(9(2)6-8)16-13(17)12(14)10(15-16)7-18-3/h4-6,15H,7,14H2,1-3H3. The second-order valence-corrected chi connectivity index (χ2v) is 4.37. The summed E-state index contributed by atoms with van der Waals surface area (Å²) >= 11 is 0. The van der Waals surface area contributed by atoms with Gasteiger partial charge in [-0.2, -0.15) is 0 Å². The van der Waals surface area contributed by atoms with E-state index in [9.17, 15) is 4.79 Å². The zero-order valence-electron chi connectivity index (χ0n) is 10.8. The second-order valence-electron chi connectivity index (χ2n) is 4.37. The van der Waals surface area contributed by atoms with Crippen LogP contribution in [0.15, 0.2) is 23.0 Å². The van der Waals surface area contributed by atoms with Crippen LogP contribution in [-0.2, 0) is 11.3 Å². The van der Waals surface area contributed by atoms with Crippen molar-refractivity contribution in [1.29, 1.82) is 0 Å². The smallest absolute Gasteiger partial charge is 0.294 e. The summed E-state index contributed by atoms with van der Waals surface area (Å²) in [7, 11) is 1.56. The van der Waals surface area contributed by atoms with E-state index in [1.54, 1.807) is 7.11 Å². The summed E-state index contributed by atoms with van der Waals surface area (Å²) in [5.74, 6) is 0. The topological polar surface area (TPSA) is 73.0 Å². The van der Waals surface area contributed by atoms with E-state index in [4.69, 9.17) is 10.5 Å². The monoisotopic (exact) mass is 247 g/mol. The number of nitrogens with zero attached hydrogens (tertiary/aromatic N) is 1. The number of anilines is 1. The Morgan fingerprint density at radius 1 is 1.39 bits per heavy atom. The number of nitrogens with two attached hydrogens (primary N) is 1. The van der Waals surface area contributed by atoms with E-state index in [-0.39, 0.29) is 11.2 Å². The Morgan fingerprint density at radius 2 is 2.11 bits per heavy atom. The Labute approximate surface area is 105 Å². The molecular weight excluding hydrogens is 230 g/mol. The van der Waals surface area contributed by atoms with E-state index in [0.29, 0.717) is 12.3 Å². The van der Waals surface area contributed by atoms with Crippen molar-refractivity contribution in [3.8, 4) is 5.69 Å². The van der Waals surface area contributed by atoms with Gasteiger partial charge < -0.3 is 10.5 Å². The number of ether oxygens (including phenoxy) is 1. The molecule has 96 valence electrons. The van der Waals surface area contributed by atoms with Crippen molar-refractivity contribution in [2.75, 3.05) is 12.8 Å². The zero-order chi connectivity index (χ0) is 13.3. The first kappa shape index (κ1) is 12.4. The van der Waals surface area contributed by atoms with E-state index in [1.165, 1.54) is 4.68 Å². The number of methoxy groups -OCH3 is 1. The number of hydrogen-bond acceptors (Lipinski definition) is 3. The largest absolute Gasteiger partial charge is 0.393 e. The van der Waals surface area contributed by atoms with Gasteiger partial charge in [-0.25, -0.2) is 4.68 Å². The summed E-state index contributed by atoms with van der Waals surface area (Å²) in [6.45, 7) is 4.26. The Balaban J connectivity index is 2.57. The fourth-order valence-corrected chi connectivity index (χ4v) is 1.98.